The number of hydrogen-bond donors (Lipinski definition) is 1. The Morgan fingerprint density at radius 3 is 2.83 bits per heavy atom. The lowest BCUT2D eigenvalue weighted by molar-refractivity contribution is -0.114. The Morgan fingerprint density at radius 2 is 2.10 bits per heavy atom. The van der Waals surface area contributed by atoms with E-state index in [-0.39, 0.29) is 49.9 Å². The molecule has 0 radical (unpaired) electrons. The number of anilines is 2. The zero-order valence-corrected chi connectivity index (χ0v) is 22.2. The molecular weight excluding hydrogens is 526 g/mol. The number of nitrogens with zero attached hydrogens (tertiary/aromatic N) is 4. The molecule has 2 heterocycles. The number of carbonyl (C=O) groups excluding carboxylic acids is 1. The third kappa shape index (κ3) is 7.35. The van der Waals surface area contributed by atoms with Crippen molar-refractivity contribution in [3.8, 4) is 17.6 Å². The van der Waals surface area contributed by atoms with Crippen molar-refractivity contribution in [3.05, 3.63) is 94.9 Å². The summed E-state index contributed by atoms with van der Waals surface area (Å²) in [5.74, 6) is -1.26. The molecule has 4 rings (SSSR count). The van der Waals surface area contributed by atoms with Gasteiger partial charge in [-0.2, -0.15) is 5.26 Å². The molecule has 0 aliphatic heterocycles. The van der Waals surface area contributed by atoms with Crippen LogP contribution in [0, 0.1) is 11.3 Å². The van der Waals surface area contributed by atoms with Crippen molar-refractivity contribution in [2.45, 2.75) is 19.8 Å². The summed E-state index contributed by atoms with van der Waals surface area (Å²) in [5.41, 5.74) is 0.579. The van der Waals surface area contributed by atoms with E-state index in [0.717, 1.165) is 11.0 Å². The van der Waals surface area contributed by atoms with Crippen molar-refractivity contribution in [1.82, 2.24) is 14.9 Å². The van der Waals surface area contributed by atoms with Crippen LogP contribution >= 0.6 is 11.6 Å². The standard InChI is InChI=1S/C31H30ClN5O3/c1-4-39-30-17-28-26(15-21(30)14-25(38)9-7-13-37(2)3)31(22(18-33)19-35-28)36-23-10-11-29(27(32)16-23)40-20-24-8-5-6-12-34-24/h5-12,15-17,19H,4,13-14,20H2,1-3H3,(H,35,36)/b9-7+/i1D3,4D2,9D,13D2,20D2. The maximum atomic E-state index is 13.2. The van der Waals surface area contributed by atoms with Gasteiger partial charge in [0.25, 0.3) is 0 Å². The van der Waals surface area contributed by atoms with Gasteiger partial charge in [-0.15, -0.1) is 0 Å². The fourth-order valence-corrected chi connectivity index (χ4v) is 3.79. The molecule has 0 bridgehead atoms. The summed E-state index contributed by atoms with van der Waals surface area (Å²) in [6.07, 6.45) is 2.81. The molecule has 0 aliphatic carbocycles. The first-order valence-corrected chi connectivity index (χ1v) is 12.1. The van der Waals surface area contributed by atoms with Crippen LogP contribution in [0.2, 0.25) is 5.02 Å². The Balaban J connectivity index is 1.79. The highest BCUT2D eigenvalue weighted by molar-refractivity contribution is 6.32. The minimum atomic E-state index is -3.23. The van der Waals surface area contributed by atoms with Gasteiger partial charge in [-0.1, -0.05) is 23.7 Å². The molecule has 8 nitrogen and oxygen atoms in total. The van der Waals surface area contributed by atoms with Crippen LogP contribution in [0.4, 0.5) is 11.4 Å². The second-order valence-corrected chi connectivity index (χ2v) is 8.85. The average Bonchev–Trinajstić information content (AvgIpc) is 3.02. The van der Waals surface area contributed by atoms with Crippen LogP contribution in [0.25, 0.3) is 10.9 Å². The topological polar surface area (TPSA) is 100 Å². The summed E-state index contributed by atoms with van der Waals surface area (Å²) in [6.45, 7) is -10.9. The lowest BCUT2D eigenvalue weighted by Crippen LogP contribution is -2.11. The molecule has 0 atom stereocenters. The zero-order valence-electron chi connectivity index (χ0n) is 31.4. The van der Waals surface area contributed by atoms with E-state index in [0.29, 0.717) is 5.69 Å². The molecule has 2 aromatic carbocycles. The van der Waals surface area contributed by atoms with E-state index < -0.39 is 44.7 Å². The zero-order chi connectivity index (χ0) is 37.2. The molecule has 204 valence electrons. The average molecular weight is 566 g/mol. The number of fused-ring (bicyclic) bond motifs is 1. The SMILES string of the molecule is [2H]/C(=C\C([2H])([2H])N(C)C)C(=O)Cc1cc2c(Nc3ccc(OC([2H])([2H])c4ccccn4)c(Cl)c3)c(C#N)cnc2cc1OC([2H])([2H])C([2H])([2H])[2H]. The number of ether oxygens (including phenoxy) is 2. The smallest absolute Gasteiger partial charge is 0.159 e. The number of halogens is 1. The molecule has 0 aliphatic rings. The molecule has 0 unspecified atom stereocenters. The summed E-state index contributed by atoms with van der Waals surface area (Å²) in [4.78, 5) is 22.6. The highest BCUT2D eigenvalue weighted by Crippen LogP contribution is 2.36. The van der Waals surface area contributed by atoms with Crippen molar-refractivity contribution in [3.63, 3.8) is 0 Å². The van der Waals surface area contributed by atoms with E-state index in [1.54, 1.807) is 12.1 Å². The lowest BCUT2D eigenvalue weighted by atomic mass is 10.0. The Kier molecular flexibility index (Phi) is 6.10. The van der Waals surface area contributed by atoms with E-state index in [9.17, 15) is 10.1 Å². The molecular formula is C31H30ClN5O3. The molecule has 1 N–H and O–H groups in total. The number of ketones is 1. The van der Waals surface area contributed by atoms with Crippen LogP contribution in [-0.2, 0) is 17.8 Å². The Bertz CT molecular complexity index is 1980. The molecule has 0 saturated heterocycles. The van der Waals surface area contributed by atoms with Gasteiger partial charge < -0.3 is 19.7 Å². The van der Waals surface area contributed by atoms with E-state index in [1.165, 1.54) is 62.9 Å². The predicted octanol–water partition coefficient (Wildman–Crippen LogP) is 6.11. The van der Waals surface area contributed by atoms with Gasteiger partial charge in [0, 0.05) is 54.9 Å². The Morgan fingerprint density at radius 1 is 1.23 bits per heavy atom. The summed E-state index contributed by atoms with van der Waals surface area (Å²) in [6, 6.07) is 12.9. The first-order valence-electron chi connectivity index (χ1n) is 16.8. The number of hydrogen-bond acceptors (Lipinski definition) is 8. The van der Waals surface area contributed by atoms with Crippen LogP contribution in [-0.4, -0.2) is 47.8 Å². The van der Waals surface area contributed by atoms with Crippen LogP contribution in [0.15, 0.2) is 73.1 Å². The van der Waals surface area contributed by atoms with Gasteiger partial charge in [0.15, 0.2) is 5.78 Å². The number of carbonyl (C=O) groups is 1. The maximum absolute atomic E-state index is 13.2. The number of benzene rings is 2. The van der Waals surface area contributed by atoms with Gasteiger partial charge in [-0.05, 0) is 63.4 Å². The van der Waals surface area contributed by atoms with E-state index in [4.69, 9.17) is 34.8 Å². The normalized spacial score (nSPS) is 16.4. The van der Waals surface area contributed by atoms with Crippen molar-refractivity contribution >= 4 is 39.7 Å². The fourth-order valence-electron chi connectivity index (χ4n) is 3.57. The second-order valence-electron chi connectivity index (χ2n) is 8.44. The molecule has 9 heteroatoms. The predicted molar refractivity (Wildman–Crippen MR) is 157 cm³/mol. The van der Waals surface area contributed by atoms with Gasteiger partial charge in [0.1, 0.15) is 24.1 Å². The van der Waals surface area contributed by atoms with E-state index >= 15 is 0 Å². The highest BCUT2D eigenvalue weighted by atomic mass is 35.5. The van der Waals surface area contributed by atoms with Crippen LogP contribution in [0.3, 0.4) is 0 Å². The summed E-state index contributed by atoms with van der Waals surface area (Å²) >= 11 is 6.46. The number of nitrogens with one attached hydrogen (secondary N) is 1. The third-order valence-electron chi connectivity index (χ3n) is 5.37. The summed E-state index contributed by atoms with van der Waals surface area (Å²) in [7, 11) is 2.84. The minimum Gasteiger partial charge on any atom is -0.494 e. The van der Waals surface area contributed by atoms with E-state index in [1.807, 2.05) is 6.07 Å². The van der Waals surface area contributed by atoms with E-state index in [2.05, 4.69) is 15.3 Å². The Hall–Kier alpha value is -4.45. The second kappa shape index (κ2) is 13.6. The summed E-state index contributed by atoms with van der Waals surface area (Å²) in [5, 5.41) is 13.2. The van der Waals surface area contributed by atoms with Crippen LogP contribution < -0.4 is 14.8 Å². The Labute approximate surface area is 252 Å². The number of likely N-dealkylation sites (N-methyl/N-ethyl adjacent to an activating group) is 1. The molecule has 2 aromatic heterocycles. The van der Waals surface area contributed by atoms with Gasteiger partial charge in [-0.25, -0.2) is 0 Å². The number of rotatable bonds is 12. The first kappa shape index (κ1) is 18.0. The van der Waals surface area contributed by atoms with Crippen molar-refractivity contribution in [1.29, 1.82) is 5.26 Å². The molecule has 0 amide bonds. The van der Waals surface area contributed by atoms with Crippen molar-refractivity contribution in [2.24, 2.45) is 0 Å². The van der Waals surface area contributed by atoms with Gasteiger partial charge in [-0.3, -0.25) is 14.8 Å². The first-order chi connectivity index (χ1) is 23.1. The monoisotopic (exact) mass is 565 g/mol. The lowest BCUT2D eigenvalue weighted by Gasteiger charge is -2.16. The van der Waals surface area contributed by atoms with Gasteiger partial charge in [0.2, 0.25) is 0 Å². The molecule has 40 heavy (non-hydrogen) atoms. The van der Waals surface area contributed by atoms with Gasteiger partial charge in [0.05, 0.1) is 40.9 Å². The van der Waals surface area contributed by atoms with Crippen LogP contribution in [0.5, 0.6) is 11.5 Å². The minimum absolute atomic E-state index is 0.00280. The molecule has 0 spiro atoms. The molecule has 0 fully saturated rings. The number of aromatic nitrogens is 2. The number of pyridine rings is 2. The maximum Gasteiger partial charge on any atom is 0.159 e. The van der Waals surface area contributed by atoms with Gasteiger partial charge >= 0.3 is 0 Å². The number of nitriles is 1. The fraction of sp³-hybridized carbons (Fsp3) is 0.226. The third-order valence-corrected chi connectivity index (χ3v) is 5.67. The quantitative estimate of drug-likeness (QED) is 0.205. The van der Waals surface area contributed by atoms with Crippen LogP contribution in [0.1, 0.15) is 37.4 Å². The largest absolute Gasteiger partial charge is 0.494 e. The molecule has 4 aromatic rings. The molecule has 0 saturated carbocycles. The van der Waals surface area contributed by atoms with Crippen molar-refractivity contribution in [2.75, 3.05) is 32.5 Å². The number of allylic oxidation sites excluding steroid dienone is 1. The summed E-state index contributed by atoms with van der Waals surface area (Å²) < 4.78 is 90.4. The van der Waals surface area contributed by atoms with Crippen molar-refractivity contribution < 1.29 is 28.0 Å². The highest BCUT2D eigenvalue weighted by Gasteiger charge is 2.16.